The Kier molecular flexibility index (Phi) is 4.42. The minimum absolute atomic E-state index is 0.764. The number of hydrogen-bond acceptors (Lipinski definition) is 5. The molecule has 0 spiro atoms. The molecule has 0 aliphatic heterocycles. The second-order valence-corrected chi connectivity index (χ2v) is 8.80. The molecule has 5 aromatic rings. The number of rotatable bonds is 3. The first-order valence-electron chi connectivity index (χ1n) is 9.40. The molecule has 142 valence electrons. The number of benzene rings is 3. The fraction of sp³-hybridized carbons (Fsp3) is 0.0833. The van der Waals surface area contributed by atoms with Crippen LogP contribution in [0.2, 0.25) is 0 Å². The maximum atomic E-state index is 6.93. The van der Waals surface area contributed by atoms with Crippen molar-refractivity contribution >= 4 is 38.8 Å². The Morgan fingerprint density at radius 1 is 0.759 bits per heavy atom. The second-order valence-electron chi connectivity index (χ2n) is 7.10. The smallest absolute Gasteiger partial charge is 0.117 e. The summed E-state index contributed by atoms with van der Waals surface area (Å²) in [4.78, 5) is 1.12. The lowest BCUT2D eigenvalue weighted by Gasteiger charge is -2.20. The molecule has 3 nitrogen and oxygen atoms in total. The lowest BCUT2D eigenvalue weighted by atomic mass is 9.86. The third-order valence-corrected chi connectivity index (χ3v) is 6.97. The summed E-state index contributed by atoms with van der Waals surface area (Å²) < 4.78 is 5.41. The van der Waals surface area contributed by atoms with E-state index >= 15 is 0 Å². The first kappa shape index (κ1) is 18.0. The molecule has 2 heterocycles. The molecule has 0 aliphatic carbocycles. The van der Waals surface area contributed by atoms with Gasteiger partial charge in [-0.15, -0.1) is 16.4 Å². The van der Waals surface area contributed by atoms with Crippen molar-refractivity contribution in [2.24, 2.45) is 0 Å². The quantitative estimate of drug-likeness (QED) is 0.326. The van der Waals surface area contributed by atoms with Gasteiger partial charge < -0.3 is 5.73 Å². The average Bonchev–Trinajstić information content (AvgIpc) is 3.41. The van der Waals surface area contributed by atoms with Gasteiger partial charge in [0.15, 0.2) is 0 Å². The highest BCUT2D eigenvalue weighted by Crippen LogP contribution is 2.50. The molecule has 0 atom stereocenters. The van der Waals surface area contributed by atoms with E-state index < -0.39 is 0 Å². The van der Waals surface area contributed by atoms with Gasteiger partial charge >= 0.3 is 0 Å². The van der Waals surface area contributed by atoms with Crippen LogP contribution in [0.3, 0.4) is 0 Å². The number of fused-ring (bicyclic) bond motifs is 1. The number of nitrogens with two attached hydrogens (primary N) is 1. The highest BCUT2D eigenvalue weighted by atomic mass is 32.1. The topological polar surface area (TPSA) is 51.8 Å². The minimum atomic E-state index is 0.764. The van der Waals surface area contributed by atoms with Crippen molar-refractivity contribution in [3.63, 3.8) is 0 Å². The van der Waals surface area contributed by atoms with Crippen molar-refractivity contribution < 1.29 is 0 Å². The number of aryl methyl sites for hydroxylation is 2. The molecule has 0 radical (unpaired) electrons. The van der Waals surface area contributed by atoms with Crippen molar-refractivity contribution in [2.45, 2.75) is 13.8 Å². The summed E-state index contributed by atoms with van der Waals surface area (Å²) in [6.07, 6.45) is 0. The SMILES string of the molecule is Cc1ccccc1-c1c(N)c(-c2cccs2)c2nnsc2c1-c1ccccc1C. The molecule has 0 bridgehead atoms. The number of nitrogens with zero attached hydrogens (tertiary/aromatic N) is 2. The van der Waals surface area contributed by atoms with Gasteiger partial charge in [0.25, 0.3) is 0 Å². The number of anilines is 1. The number of aromatic nitrogens is 2. The van der Waals surface area contributed by atoms with Crippen LogP contribution in [0.15, 0.2) is 66.0 Å². The highest BCUT2D eigenvalue weighted by Gasteiger charge is 2.25. The lowest BCUT2D eigenvalue weighted by Crippen LogP contribution is -2.00. The molecule has 0 unspecified atom stereocenters. The molecule has 0 saturated heterocycles. The molecular weight excluding hydrogens is 394 g/mol. The van der Waals surface area contributed by atoms with Crippen LogP contribution < -0.4 is 5.73 Å². The Hall–Kier alpha value is -3.02. The standard InChI is InChI=1S/C24H19N3S2/c1-14-8-3-5-10-16(14)19-20(17-11-6-4-9-15(17)2)24-23(26-27-29-24)21(22(19)25)18-12-7-13-28-18/h3-13H,25H2,1-2H3. The van der Waals surface area contributed by atoms with E-state index in [-0.39, 0.29) is 0 Å². The van der Waals surface area contributed by atoms with Gasteiger partial charge in [-0.3, -0.25) is 0 Å². The van der Waals surface area contributed by atoms with Gasteiger partial charge in [-0.1, -0.05) is 59.1 Å². The minimum Gasteiger partial charge on any atom is -0.398 e. The first-order valence-corrected chi connectivity index (χ1v) is 11.1. The maximum Gasteiger partial charge on any atom is 0.117 e. The van der Waals surface area contributed by atoms with Gasteiger partial charge in [0.1, 0.15) is 5.52 Å². The number of nitrogen functional groups attached to an aromatic ring is 1. The van der Waals surface area contributed by atoms with E-state index in [1.54, 1.807) is 11.3 Å². The predicted octanol–water partition coefficient (Wildman–Crippen LogP) is 6.95. The summed E-state index contributed by atoms with van der Waals surface area (Å²) in [6, 6.07) is 21.0. The molecule has 3 aromatic carbocycles. The van der Waals surface area contributed by atoms with Crippen LogP contribution in [-0.4, -0.2) is 9.59 Å². The van der Waals surface area contributed by atoms with Gasteiger partial charge in [-0.25, -0.2) is 0 Å². The van der Waals surface area contributed by atoms with E-state index in [0.29, 0.717) is 0 Å². The Balaban J connectivity index is 2.00. The van der Waals surface area contributed by atoms with E-state index in [1.807, 2.05) is 6.07 Å². The summed E-state index contributed by atoms with van der Waals surface area (Å²) >= 11 is 3.12. The molecule has 29 heavy (non-hydrogen) atoms. The van der Waals surface area contributed by atoms with Crippen molar-refractivity contribution in [3.8, 4) is 32.7 Å². The van der Waals surface area contributed by atoms with Gasteiger partial charge in [-0.2, -0.15) is 0 Å². The molecule has 0 amide bonds. The van der Waals surface area contributed by atoms with Crippen LogP contribution in [0.5, 0.6) is 0 Å². The zero-order chi connectivity index (χ0) is 20.0. The molecule has 2 aromatic heterocycles. The fourth-order valence-corrected chi connectivity index (χ4v) is 5.45. The Morgan fingerprint density at radius 2 is 1.41 bits per heavy atom. The van der Waals surface area contributed by atoms with E-state index in [1.165, 1.54) is 28.2 Å². The van der Waals surface area contributed by atoms with Crippen molar-refractivity contribution in [2.75, 3.05) is 5.73 Å². The van der Waals surface area contributed by atoms with Gasteiger partial charge in [0.05, 0.1) is 10.4 Å². The van der Waals surface area contributed by atoms with Crippen LogP contribution in [-0.2, 0) is 0 Å². The summed E-state index contributed by atoms with van der Waals surface area (Å²) in [5.74, 6) is 0. The highest BCUT2D eigenvalue weighted by molar-refractivity contribution is 7.15. The summed E-state index contributed by atoms with van der Waals surface area (Å²) in [5.41, 5.74) is 16.5. The lowest BCUT2D eigenvalue weighted by molar-refractivity contribution is 1.20. The molecule has 0 saturated carbocycles. The number of thiophene rings is 1. The van der Waals surface area contributed by atoms with E-state index in [0.717, 1.165) is 43.0 Å². The zero-order valence-electron chi connectivity index (χ0n) is 16.1. The van der Waals surface area contributed by atoms with Crippen LogP contribution in [0.4, 0.5) is 5.69 Å². The van der Waals surface area contributed by atoms with Crippen molar-refractivity contribution in [1.82, 2.24) is 9.59 Å². The van der Waals surface area contributed by atoms with Crippen LogP contribution in [0, 0.1) is 13.8 Å². The second kappa shape index (κ2) is 7.10. The summed E-state index contributed by atoms with van der Waals surface area (Å²) in [7, 11) is 0. The third kappa shape index (κ3) is 2.85. The Morgan fingerprint density at radius 3 is 2.03 bits per heavy atom. The van der Waals surface area contributed by atoms with Crippen molar-refractivity contribution in [3.05, 3.63) is 77.2 Å². The summed E-state index contributed by atoms with van der Waals surface area (Å²) in [6.45, 7) is 4.27. The Labute approximate surface area is 177 Å². The van der Waals surface area contributed by atoms with Crippen molar-refractivity contribution in [1.29, 1.82) is 0 Å². The largest absolute Gasteiger partial charge is 0.398 e. The molecule has 0 aliphatic rings. The molecule has 0 fully saturated rings. The Bertz CT molecular complexity index is 1330. The van der Waals surface area contributed by atoms with Gasteiger partial charge in [0, 0.05) is 21.6 Å². The predicted molar refractivity (Wildman–Crippen MR) is 125 cm³/mol. The van der Waals surface area contributed by atoms with E-state index in [9.17, 15) is 0 Å². The van der Waals surface area contributed by atoms with Crippen LogP contribution in [0.25, 0.3) is 42.9 Å². The first-order chi connectivity index (χ1) is 14.2. The zero-order valence-corrected chi connectivity index (χ0v) is 17.8. The summed E-state index contributed by atoms with van der Waals surface area (Å²) in [5, 5.41) is 6.58. The van der Waals surface area contributed by atoms with E-state index in [2.05, 4.69) is 83.4 Å². The molecular formula is C24H19N3S2. The maximum absolute atomic E-state index is 6.93. The van der Waals surface area contributed by atoms with Gasteiger partial charge in [0.2, 0.25) is 0 Å². The average molecular weight is 414 g/mol. The van der Waals surface area contributed by atoms with Gasteiger partial charge in [-0.05, 0) is 59.1 Å². The fourth-order valence-electron chi connectivity index (χ4n) is 3.93. The molecule has 5 heteroatoms. The molecule has 5 rings (SSSR count). The van der Waals surface area contributed by atoms with E-state index in [4.69, 9.17) is 5.73 Å². The number of hydrogen-bond donors (Lipinski definition) is 1. The molecule has 2 N–H and O–H groups in total. The monoisotopic (exact) mass is 413 g/mol. The third-order valence-electron chi connectivity index (χ3n) is 5.34. The van der Waals surface area contributed by atoms with Crippen LogP contribution >= 0.6 is 22.9 Å². The van der Waals surface area contributed by atoms with Crippen LogP contribution in [0.1, 0.15) is 11.1 Å². The normalized spacial score (nSPS) is 11.2.